The molecule has 0 radical (unpaired) electrons. The van der Waals surface area contributed by atoms with E-state index in [0.717, 1.165) is 0 Å². The number of amides is 3. The van der Waals surface area contributed by atoms with Crippen LogP contribution in [0, 0.1) is 12.3 Å². The van der Waals surface area contributed by atoms with Crippen LogP contribution in [-0.2, 0) is 23.9 Å². The van der Waals surface area contributed by atoms with Crippen molar-refractivity contribution >= 4 is 36.5 Å². The minimum absolute atomic E-state index is 0.00530. The molecule has 0 aromatic heterocycles. The highest BCUT2D eigenvalue weighted by Gasteiger charge is 2.36. The molecule has 2 unspecified atom stereocenters. The Morgan fingerprint density at radius 1 is 1.25 bits per heavy atom. The summed E-state index contributed by atoms with van der Waals surface area (Å²) >= 11 is 4.22. The molecule has 0 bridgehead atoms. The molecule has 1 rings (SSSR count). The second-order valence-electron chi connectivity index (χ2n) is 8.64. The Labute approximate surface area is 218 Å². The molecule has 2 N–H and O–H groups in total. The number of hydrogen-bond donors (Lipinski definition) is 3. The predicted molar refractivity (Wildman–Crippen MR) is 140 cm³/mol. The van der Waals surface area contributed by atoms with Crippen LogP contribution >= 0.6 is 12.6 Å². The van der Waals surface area contributed by atoms with Crippen LogP contribution in [0.2, 0.25) is 0 Å². The van der Waals surface area contributed by atoms with Crippen LogP contribution in [0.5, 0.6) is 0 Å². The molecule has 0 saturated carbocycles. The summed E-state index contributed by atoms with van der Waals surface area (Å²) < 4.78 is 10.2. The average molecular weight is 518 g/mol. The van der Waals surface area contributed by atoms with E-state index in [1.807, 2.05) is 0 Å². The van der Waals surface area contributed by atoms with E-state index in [1.54, 1.807) is 52.0 Å². The van der Waals surface area contributed by atoms with Crippen molar-refractivity contribution in [3.63, 3.8) is 0 Å². The predicted octanol–water partition coefficient (Wildman–Crippen LogP) is 2.62. The molecule has 36 heavy (non-hydrogen) atoms. The largest absolute Gasteiger partial charge is 0.466 e. The van der Waals surface area contributed by atoms with Gasteiger partial charge in [0.15, 0.2) is 0 Å². The van der Waals surface area contributed by atoms with Gasteiger partial charge in [0.1, 0.15) is 17.7 Å². The minimum Gasteiger partial charge on any atom is -0.466 e. The molecule has 3 amide bonds. The molecule has 2 atom stereocenters. The standard InChI is InChI=1S/C26H35N3O6S/c1-7-16-29(24(32)20(17-36)28-25(33)35-26(4,5)6)22(19-13-11-10-12-18(19)8-2)23(31)27-15-14-21(30)34-9-3/h2,7,10-13,20,22,36H,1,9,14-17H2,3-6H3,(H,27,31)(H,28,33). The molecule has 1 aromatic carbocycles. The quantitative estimate of drug-likeness (QED) is 0.170. The van der Waals surface area contributed by atoms with Crippen LogP contribution in [-0.4, -0.2) is 65.9 Å². The van der Waals surface area contributed by atoms with Gasteiger partial charge in [-0.2, -0.15) is 12.6 Å². The number of terminal acetylenes is 1. The molecule has 196 valence electrons. The van der Waals surface area contributed by atoms with Crippen molar-refractivity contribution in [3.8, 4) is 12.3 Å². The number of hydrogen-bond acceptors (Lipinski definition) is 7. The third-order valence-corrected chi connectivity index (χ3v) is 5.05. The Balaban J connectivity index is 3.34. The smallest absolute Gasteiger partial charge is 0.408 e. The molecule has 0 spiro atoms. The Bertz CT molecular complexity index is 983. The molecule has 1 aromatic rings. The van der Waals surface area contributed by atoms with E-state index in [2.05, 4.69) is 35.8 Å². The lowest BCUT2D eigenvalue weighted by atomic mass is 9.97. The molecular formula is C26H35N3O6S. The highest BCUT2D eigenvalue weighted by Crippen LogP contribution is 2.26. The molecule has 0 aliphatic rings. The Kier molecular flexibility index (Phi) is 12.6. The van der Waals surface area contributed by atoms with E-state index in [0.29, 0.717) is 11.1 Å². The maximum absolute atomic E-state index is 13.6. The number of thiol groups is 1. The first-order chi connectivity index (χ1) is 17.0. The summed E-state index contributed by atoms with van der Waals surface area (Å²) in [6.45, 7) is 10.7. The van der Waals surface area contributed by atoms with Crippen LogP contribution in [0.3, 0.4) is 0 Å². The first kappa shape index (κ1) is 30.6. The fourth-order valence-corrected chi connectivity index (χ4v) is 3.48. The SMILES string of the molecule is C#Cc1ccccc1C(C(=O)NCCC(=O)OCC)N(CC=C)C(=O)C(CS)NC(=O)OC(C)(C)C. The summed E-state index contributed by atoms with van der Waals surface area (Å²) in [4.78, 5) is 52.3. The van der Waals surface area contributed by atoms with E-state index in [-0.39, 0.29) is 31.9 Å². The monoisotopic (exact) mass is 517 g/mol. The Hall–Kier alpha value is -3.45. The summed E-state index contributed by atoms with van der Waals surface area (Å²) in [7, 11) is 0. The maximum atomic E-state index is 13.6. The lowest BCUT2D eigenvalue weighted by Crippen LogP contribution is -2.54. The van der Waals surface area contributed by atoms with E-state index in [9.17, 15) is 19.2 Å². The van der Waals surface area contributed by atoms with E-state index in [4.69, 9.17) is 15.9 Å². The van der Waals surface area contributed by atoms with E-state index >= 15 is 0 Å². The normalized spacial score (nSPS) is 12.3. The first-order valence-corrected chi connectivity index (χ1v) is 12.1. The number of nitrogens with zero attached hydrogens (tertiary/aromatic N) is 1. The number of nitrogens with one attached hydrogen (secondary N) is 2. The van der Waals surface area contributed by atoms with Gasteiger partial charge in [-0.05, 0) is 39.3 Å². The van der Waals surface area contributed by atoms with Gasteiger partial charge in [-0.3, -0.25) is 14.4 Å². The third kappa shape index (κ3) is 9.66. The topological polar surface area (TPSA) is 114 Å². The molecule has 0 heterocycles. The molecule has 0 fully saturated rings. The van der Waals surface area contributed by atoms with Crippen molar-refractivity contribution in [2.24, 2.45) is 0 Å². The molecule has 0 aliphatic carbocycles. The van der Waals surface area contributed by atoms with Crippen LogP contribution in [0.15, 0.2) is 36.9 Å². The summed E-state index contributed by atoms with van der Waals surface area (Å²) in [6, 6.07) is 4.43. The summed E-state index contributed by atoms with van der Waals surface area (Å²) in [5.74, 6) is 0.864. The second kappa shape index (κ2) is 14.8. The van der Waals surface area contributed by atoms with Gasteiger partial charge < -0.3 is 25.0 Å². The van der Waals surface area contributed by atoms with Gasteiger partial charge in [0, 0.05) is 24.4 Å². The summed E-state index contributed by atoms with van der Waals surface area (Å²) in [5, 5.41) is 5.19. The molecule has 0 aliphatic heterocycles. The number of carbonyl (C=O) groups excluding carboxylic acids is 4. The van der Waals surface area contributed by atoms with Gasteiger partial charge in [0.05, 0.1) is 13.0 Å². The number of alkyl carbamates (subject to hydrolysis) is 1. The zero-order valence-corrected chi connectivity index (χ0v) is 22.1. The number of benzene rings is 1. The van der Waals surface area contributed by atoms with Crippen LogP contribution in [0.4, 0.5) is 4.79 Å². The van der Waals surface area contributed by atoms with Crippen LogP contribution < -0.4 is 10.6 Å². The van der Waals surface area contributed by atoms with Crippen molar-refractivity contribution in [3.05, 3.63) is 48.0 Å². The Morgan fingerprint density at radius 3 is 2.47 bits per heavy atom. The second-order valence-corrected chi connectivity index (χ2v) is 9.01. The van der Waals surface area contributed by atoms with E-state index in [1.165, 1.54) is 11.0 Å². The van der Waals surface area contributed by atoms with Gasteiger partial charge >= 0.3 is 12.1 Å². The zero-order valence-electron chi connectivity index (χ0n) is 21.2. The van der Waals surface area contributed by atoms with Gasteiger partial charge in [0.25, 0.3) is 0 Å². The number of ether oxygens (including phenoxy) is 2. The van der Waals surface area contributed by atoms with Gasteiger partial charge in [-0.15, -0.1) is 13.0 Å². The minimum atomic E-state index is -1.17. The number of rotatable bonds is 12. The van der Waals surface area contributed by atoms with Gasteiger partial charge in [0.2, 0.25) is 11.8 Å². The number of carbonyl (C=O) groups is 4. The van der Waals surface area contributed by atoms with Crippen molar-refractivity contribution in [2.45, 2.75) is 51.8 Å². The van der Waals surface area contributed by atoms with Gasteiger partial charge in [-0.1, -0.05) is 30.2 Å². The van der Waals surface area contributed by atoms with E-state index < -0.39 is 41.6 Å². The molecule has 10 heteroatoms. The Morgan fingerprint density at radius 2 is 1.92 bits per heavy atom. The highest BCUT2D eigenvalue weighted by molar-refractivity contribution is 7.80. The molecule has 9 nitrogen and oxygen atoms in total. The zero-order chi connectivity index (χ0) is 27.3. The van der Waals surface area contributed by atoms with Crippen molar-refractivity contribution in [1.29, 1.82) is 0 Å². The van der Waals surface area contributed by atoms with Gasteiger partial charge in [-0.25, -0.2) is 4.79 Å². The number of esters is 1. The van der Waals surface area contributed by atoms with Crippen molar-refractivity contribution in [1.82, 2.24) is 15.5 Å². The van der Waals surface area contributed by atoms with Crippen molar-refractivity contribution in [2.75, 3.05) is 25.4 Å². The van der Waals surface area contributed by atoms with Crippen molar-refractivity contribution < 1.29 is 28.7 Å². The van der Waals surface area contributed by atoms with Crippen LogP contribution in [0.25, 0.3) is 0 Å². The first-order valence-electron chi connectivity index (χ1n) is 11.5. The average Bonchev–Trinajstić information content (AvgIpc) is 2.81. The fraction of sp³-hybridized carbons (Fsp3) is 0.462. The third-order valence-electron chi connectivity index (χ3n) is 4.69. The molecule has 0 saturated heterocycles. The lowest BCUT2D eigenvalue weighted by Gasteiger charge is -2.34. The fourth-order valence-electron chi connectivity index (χ4n) is 3.23. The molecular weight excluding hydrogens is 482 g/mol. The highest BCUT2D eigenvalue weighted by atomic mass is 32.1. The summed E-state index contributed by atoms with van der Waals surface area (Å²) in [6.07, 6.45) is 6.29. The summed E-state index contributed by atoms with van der Waals surface area (Å²) in [5.41, 5.74) is 0.0359. The lowest BCUT2D eigenvalue weighted by molar-refractivity contribution is -0.144. The maximum Gasteiger partial charge on any atom is 0.408 e. The van der Waals surface area contributed by atoms with Crippen LogP contribution in [0.1, 0.15) is 51.3 Å².